The molecular weight excluding hydrogens is 310 g/mol. The molecule has 2 aliphatic rings. The van der Waals surface area contributed by atoms with Crippen LogP contribution >= 0.6 is 0 Å². The van der Waals surface area contributed by atoms with Crippen LogP contribution in [-0.4, -0.2) is 29.8 Å². The number of hydrogen-bond acceptors (Lipinski definition) is 4. The molecule has 4 atom stereocenters. The molecule has 128 valence electrons. The summed E-state index contributed by atoms with van der Waals surface area (Å²) < 4.78 is 6.07. The largest absolute Gasteiger partial charge is 0.361 e. The Labute approximate surface area is 149 Å². The Morgan fingerprint density at radius 2 is 1.76 bits per heavy atom. The second-order valence-corrected chi connectivity index (χ2v) is 6.84. The van der Waals surface area contributed by atoms with Gasteiger partial charge in [-0.2, -0.15) is 5.26 Å². The Morgan fingerprint density at radius 1 is 1.04 bits per heavy atom. The van der Waals surface area contributed by atoms with Crippen LogP contribution in [0.1, 0.15) is 30.0 Å². The normalized spacial score (nSPS) is 29.1. The maximum atomic E-state index is 9.73. The molecule has 4 heteroatoms. The molecule has 0 aromatic heterocycles. The van der Waals surface area contributed by atoms with Gasteiger partial charge < -0.3 is 10.1 Å². The van der Waals surface area contributed by atoms with Crippen LogP contribution in [0.15, 0.2) is 60.7 Å². The lowest BCUT2D eigenvalue weighted by Crippen LogP contribution is -2.51. The first-order valence-corrected chi connectivity index (χ1v) is 8.96. The van der Waals surface area contributed by atoms with Crippen LogP contribution in [-0.2, 0) is 11.3 Å². The highest BCUT2D eigenvalue weighted by Crippen LogP contribution is 2.38. The Hall–Kier alpha value is -2.19. The van der Waals surface area contributed by atoms with Gasteiger partial charge in [-0.25, -0.2) is 0 Å². The summed E-state index contributed by atoms with van der Waals surface area (Å²) in [5.74, 6) is 0. The molecule has 4 nitrogen and oxygen atoms in total. The molecule has 0 radical (unpaired) electrons. The summed E-state index contributed by atoms with van der Waals surface area (Å²) in [6.45, 7) is 1.50. The number of nitriles is 1. The Morgan fingerprint density at radius 3 is 2.48 bits per heavy atom. The van der Waals surface area contributed by atoms with E-state index in [9.17, 15) is 5.26 Å². The summed E-state index contributed by atoms with van der Waals surface area (Å²) in [7, 11) is 0. The van der Waals surface area contributed by atoms with E-state index >= 15 is 0 Å². The minimum atomic E-state index is -0.111. The number of nitrogens with zero attached hydrogens (tertiary/aromatic N) is 2. The van der Waals surface area contributed by atoms with Gasteiger partial charge in [0, 0.05) is 19.0 Å². The van der Waals surface area contributed by atoms with Crippen molar-refractivity contribution in [3.63, 3.8) is 0 Å². The van der Waals surface area contributed by atoms with Crippen molar-refractivity contribution >= 4 is 0 Å². The van der Waals surface area contributed by atoms with E-state index in [2.05, 4.69) is 64.8 Å². The fourth-order valence-corrected chi connectivity index (χ4v) is 4.00. The molecule has 2 fully saturated rings. The summed E-state index contributed by atoms with van der Waals surface area (Å²) in [5, 5.41) is 13.3. The Bertz CT molecular complexity index is 728. The van der Waals surface area contributed by atoms with Gasteiger partial charge in [-0.1, -0.05) is 60.7 Å². The number of fused-ring (bicyclic) bond motifs is 1. The molecule has 2 aromatic rings. The van der Waals surface area contributed by atoms with Crippen LogP contribution in [0, 0.1) is 11.3 Å². The second kappa shape index (κ2) is 7.37. The van der Waals surface area contributed by atoms with E-state index in [0.29, 0.717) is 12.6 Å². The highest BCUT2D eigenvalue weighted by atomic mass is 16.5. The standard InChI is InChI=1S/C21H23N3O/c22-13-19-11-18(23-14-16-7-3-1-4-8-16)12-21-24(19)20(15-25-21)17-9-5-2-6-10-17/h1-10,18-21,23H,11-12,14-15H2/t18-,19-,20-,21+/m0/s1. The van der Waals surface area contributed by atoms with Gasteiger partial charge in [0.1, 0.15) is 12.3 Å². The third-order valence-corrected chi connectivity index (χ3v) is 5.26. The summed E-state index contributed by atoms with van der Waals surface area (Å²) >= 11 is 0. The van der Waals surface area contributed by atoms with Crippen LogP contribution in [0.4, 0.5) is 0 Å². The van der Waals surface area contributed by atoms with Crippen molar-refractivity contribution < 1.29 is 4.74 Å². The molecule has 0 aliphatic carbocycles. The third kappa shape index (κ3) is 3.45. The number of rotatable bonds is 4. The second-order valence-electron chi connectivity index (χ2n) is 6.84. The first-order chi connectivity index (χ1) is 12.3. The van der Waals surface area contributed by atoms with Crippen molar-refractivity contribution in [2.24, 2.45) is 0 Å². The number of nitrogens with one attached hydrogen (secondary N) is 1. The fourth-order valence-electron chi connectivity index (χ4n) is 4.00. The average molecular weight is 333 g/mol. The van der Waals surface area contributed by atoms with Gasteiger partial charge in [0.2, 0.25) is 0 Å². The topological polar surface area (TPSA) is 48.3 Å². The molecule has 2 aliphatic heterocycles. The Kier molecular flexibility index (Phi) is 4.80. The zero-order valence-corrected chi connectivity index (χ0v) is 14.2. The molecule has 0 amide bonds. The lowest BCUT2D eigenvalue weighted by atomic mass is 9.94. The van der Waals surface area contributed by atoms with Gasteiger partial charge in [0.25, 0.3) is 0 Å². The van der Waals surface area contributed by atoms with Crippen molar-refractivity contribution in [3.05, 3.63) is 71.8 Å². The number of ether oxygens (including phenoxy) is 1. The molecule has 0 spiro atoms. The van der Waals surface area contributed by atoms with Crippen LogP contribution in [0.25, 0.3) is 0 Å². The van der Waals surface area contributed by atoms with Gasteiger partial charge in [0.05, 0.1) is 18.7 Å². The van der Waals surface area contributed by atoms with Gasteiger partial charge in [0.15, 0.2) is 0 Å². The summed E-state index contributed by atoms with van der Waals surface area (Å²) in [6, 6.07) is 23.7. The summed E-state index contributed by atoms with van der Waals surface area (Å²) in [4.78, 5) is 2.27. The summed E-state index contributed by atoms with van der Waals surface area (Å²) in [6.07, 6.45) is 1.79. The first-order valence-electron chi connectivity index (χ1n) is 8.96. The lowest BCUT2D eigenvalue weighted by Gasteiger charge is -2.40. The van der Waals surface area contributed by atoms with Crippen molar-refractivity contribution in [2.45, 2.75) is 43.7 Å². The minimum absolute atomic E-state index is 0.0249. The van der Waals surface area contributed by atoms with E-state index in [4.69, 9.17) is 4.74 Å². The first kappa shape index (κ1) is 16.3. The van der Waals surface area contributed by atoms with Crippen LogP contribution in [0.3, 0.4) is 0 Å². The van der Waals surface area contributed by atoms with Crippen molar-refractivity contribution in [3.8, 4) is 6.07 Å². The van der Waals surface area contributed by atoms with Crippen LogP contribution < -0.4 is 5.32 Å². The fraction of sp³-hybridized carbons (Fsp3) is 0.381. The highest BCUT2D eigenvalue weighted by Gasteiger charge is 2.45. The van der Waals surface area contributed by atoms with Crippen LogP contribution in [0.2, 0.25) is 0 Å². The maximum Gasteiger partial charge on any atom is 0.113 e. The number of piperidine rings is 1. The predicted molar refractivity (Wildman–Crippen MR) is 96.5 cm³/mol. The number of hydrogen-bond donors (Lipinski definition) is 1. The highest BCUT2D eigenvalue weighted by molar-refractivity contribution is 5.22. The lowest BCUT2D eigenvalue weighted by molar-refractivity contribution is -0.0240. The van der Waals surface area contributed by atoms with Gasteiger partial charge in [-0.15, -0.1) is 0 Å². The van der Waals surface area contributed by atoms with Crippen molar-refractivity contribution in [2.75, 3.05) is 6.61 Å². The van der Waals surface area contributed by atoms with E-state index in [1.807, 2.05) is 12.1 Å². The van der Waals surface area contributed by atoms with E-state index in [-0.39, 0.29) is 18.3 Å². The molecule has 2 aromatic carbocycles. The molecule has 1 N–H and O–H groups in total. The zero-order chi connectivity index (χ0) is 17.1. The maximum absolute atomic E-state index is 9.73. The SMILES string of the molecule is N#C[C@@H]1C[C@H](NCc2ccccc2)C[C@H]2OC[C@@H](c3ccccc3)N12. The quantitative estimate of drug-likeness (QED) is 0.933. The average Bonchev–Trinajstić information content (AvgIpc) is 3.11. The molecular formula is C21H23N3O. The molecule has 0 bridgehead atoms. The molecule has 4 rings (SSSR count). The van der Waals surface area contributed by atoms with E-state index in [1.165, 1.54) is 11.1 Å². The zero-order valence-electron chi connectivity index (χ0n) is 14.2. The predicted octanol–water partition coefficient (Wildman–Crippen LogP) is 3.23. The van der Waals surface area contributed by atoms with E-state index < -0.39 is 0 Å². The van der Waals surface area contributed by atoms with Crippen molar-refractivity contribution in [1.82, 2.24) is 10.2 Å². The molecule has 0 saturated carbocycles. The molecule has 25 heavy (non-hydrogen) atoms. The third-order valence-electron chi connectivity index (χ3n) is 5.26. The molecule has 0 unspecified atom stereocenters. The van der Waals surface area contributed by atoms with Crippen LogP contribution in [0.5, 0.6) is 0 Å². The molecule has 2 saturated heterocycles. The number of benzene rings is 2. The molecule has 2 heterocycles. The van der Waals surface area contributed by atoms with E-state index in [1.54, 1.807) is 0 Å². The van der Waals surface area contributed by atoms with E-state index in [0.717, 1.165) is 19.4 Å². The smallest absolute Gasteiger partial charge is 0.113 e. The van der Waals surface area contributed by atoms with Gasteiger partial charge in [-0.3, -0.25) is 4.90 Å². The summed E-state index contributed by atoms with van der Waals surface area (Å²) in [5.41, 5.74) is 2.51. The minimum Gasteiger partial charge on any atom is -0.361 e. The van der Waals surface area contributed by atoms with Gasteiger partial charge >= 0.3 is 0 Å². The van der Waals surface area contributed by atoms with Crippen molar-refractivity contribution in [1.29, 1.82) is 5.26 Å². The monoisotopic (exact) mass is 333 g/mol. The van der Waals surface area contributed by atoms with Gasteiger partial charge in [-0.05, 0) is 17.5 Å². The Balaban J connectivity index is 1.44.